The van der Waals surface area contributed by atoms with Crippen LogP contribution >= 0.6 is 0 Å². The average Bonchev–Trinajstić information content (AvgIpc) is 3.23. The van der Waals surface area contributed by atoms with Crippen molar-refractivity contribution < 1.29 is 9.59 Å². The smallest absolute Gasteiger partial charge is 0.226 e. The van der Waals surface area contributed by atoms with Gasteiger partial charge in [-0.1, -0.05) is 24.3 Å². The largest absolute Gasteiger partial charge is 0.343 e. The Morgan fingerprint density at radius 2 is 1.85 bits per heavy atom. The molecule has 0 radical (unpaired) electrons. The Kier molecular flexibility index (Phi) is 4.74. The Balaban J connectivity index is 1.55. The molecule has 0 unspecified atom stereocenters. The van der Waals surface area contributed by atoms with Gasteiger partial charge in [0.1, 0.15) is 0 Å². The first-order chi connectivity index (χ1) is 12.6. The van der Waals surface area contributed by atoms with Gasteiger partial charge in [-0.2, -0.15) is 0 Å². The second-order valence-corrected chi connectivity index (χ2v) is 8.15. The summed E-state index contributed by atoms with van der Waals surface area (Å²) in [6, 6.07) is 8.70. The highest BCUT2D eigenvalue weighted by Crippen LogP contribution is 2.44. The van der Waals surface area contributed by atoms with Crippen LogP contribution in [0.5, 0.6) is 0 Å². The molecule has 1 aromatic carbocycles. The fourth-order valence-electron chi connectivity index (χ4n) is 5.14. The van der Waals surface area contributed by atoms with Crippen LogP contribution in [0.15, 0.2) is 24.3 Å². The Morgan fingerprint density at radius 3 is 2.54 bits per heavy atom. The predicted octanol–water partition coefficient (Wildman–Crippen LogP) is 1.97. The summed E-state index contributed by atoms with van der Waals surface area (Å²) in [5.41, 5.74) is 2.58. The van der Waals surface area contributed by atoms with Crippen molar-refractivity contribution in [2.75, 3.05) is 32.7 Å². The molecule has 5 nitrogen and oxygen atoms in total. The number of carbonyl (C=O) groups is 2. The number of benzene rings is 1. The van der Waals surface area contributed by atoms with Crippen LogP contribution in [0.4, 0.5) is 0 Å². The number of likely N-dealkylation sites (tertiary alicyclic amines) is 2. The van der Waals surface area contributed by atoms with Gasteiger partial charge in [-0.05, 0) is 36.8 Å². The highest BCUT2D eigenvalue weighted by molar-refractivity contribution is 5.80. The Hall–Kier alpha value is -1.88. The maximum atomic E-state index is 13.4. The molecule has 4 rings (SSSR count). The highest BCUT2D eigenvalue weighted by atomic mass is 16.2. The van der Waals surface area contributed by atoms with Crippen LogP contribution in [0.25, 0.3) is 0 Å². The van der Waals surface area contributed by atoms with E-state index < -0.39 is 0 Å². The molecule has 3 saturated heterocycles. The lowest BCUT2D eigenvalue weighted by molar-refractivity contribution is -0.141. The van der Waals surface area contributed by atoms with Crippen LogP contribution in [0, 0.1) is 24.7 Å². The van der Waals surface area contributed by atoms with Crippen molar-refractivity contribution in [1.29, 1.82) is 0 Å². The summed E-state index contributed by atoms with van der Waals surface area (Å²) >= 11 is 0. The van der Waals surface area contributed by atoms with Gasteiger partial charge in [0.05, 0.1) is 6.04 Å². The minimum absolute atomic E-state index is 0.0592. The molecule has 5 heteroatoms. The molecule has 3 heterocycles. The molecule has 0 bridgehead atoms. The van der Waals surface area contributed by atoms with Gasteiger partial charge in [0, 0.05) is 51.5 Å². The number of hydrogen-bond acceptors (Lipinski definition) is 3. The van der Waals surface area contributed by atoms with E-state index in [2.05, 4.69) is 41.4 Å². The first-order valence-electron chi connectivity index (χ1n) is 9.88. The van der Waals surface area contributed by atoms with E-state index in [4.69, 9.17) is 0 Å². The maximum Gasteiger partial charge on any atom is 0.226 e. The zero-order valence-corrected chi connectivity index (χ0v) is 15.8. The third-order valence-electron chi connectivity index (χ3n) is 6.64. The van der Waals surface area contributed by atoms with Gasteiger partial charge in [-0.15, -0.1) is 0 Å². The summed E-state index contributed by atoms with van der Waals surface area (Å²) in [7, 11) is 0. The number of piperidine rings is 1. The van der Waals surface area contributed by atoms with Gasteiger partial charge in [0.15, 0.2) is 0 Å². The van der Waals surface area contributed by atoms with Gasteiger partial charge in [0.25, 0.3) is 0 Å². The molecular weight excluding hydrogens is 326 g/mol. The van der Waals surface area contributed by atoms with E-state index in [-0.39, 0.29) is 17.9 Å². The molecule has 3 aliphatic rings. The van der Waals surface area contributed by atoms with Gasteiger partial charge >= 0.3 is 0 Å². The monoisotopic (exact) mass is 355 g/mol. The molecule has 0 aliphatic carbocycles. The lowest BCUT2D eigenvalue weighted by atomic mass is 9.87. The first kappa shape index (κ1) is 17.5. The maximum absolute atomic E-state index is 13.4. The molecule has 3 aliphatic heterocycles. The molecule has 1 aromatic rings. The summed E-state index contributed by atoms with van der Waals surface area (Å²) in [5, 5.41) is 3.52. The van der Waals surface area contributed by atoms with Crippen LogP contribution in [-0.4, -0.2) is 54.3 Å². The average molecular weight is 355 g/mol. The molecular formula is C21H29N3O2. The normalized spacial score (nSPS) is 29.1. The number of rotatable bonds is 2. The van der Waals surface area contributed by atoms with Crippen molar-refractivity contribution in [3.8, 4) is 0 Å². The van der Waals surface area contributed by atoms with Gasteiger partial charge in [0.2, 0.25) is 11.8 Å². The number of amides is 2. The molecule has 0 aromatic heterocycles. The summed E-state index contributed by atoms with van der Waals surface area (Å²) in [6.07, 6.45) is 1.59. The summed E-state index contributed by atoms with van der Waals surface area (Å²) in [5.74, 6) is 1.55. The zero-order valence-electron chi connectivity index (χ0n) is 15.8. The van der Waals surface area contributed by atoms with E-state index in [0.717, 1.165) is 32.5 Å². The molecule has 1 N–H and O–H groups in total. The number of nitrogens with zero attached hydrogens (tertiary/aromatic N) is 2. The SMILES string of the molecule is CC(=O)N1CCC(C(=O)N2C[C@@H]3CNC[C@@H]3[C@H]2c2ccccc2C)CC1. The van der Waals surface area contributed by atoms with E-state index >= 15 is 0 Å². The quantitative estimate of drug-likeness (QED) is 0.882. The number of aryl methyl sites for hydroxylation is 1. The minimum Gasteiger partial charge on any atom is -0.343 e. The Morgan fingerprint density at radius 1 is 1.12 bits per heavy atom. The van der Waals surface area contributed by atoms with Gasteiger partial charge in [-0.3, -0.25) is 9.59 Å². The second-order valence-electron chi connectivity index (χ2n) is 8.15. The van der Waals surface area contributed by atoms with E-state index in [9.17, 15) is 9.59 Å². The van der Waals surface area contributed by atoms with Crippen LogP contribution < -0.4 is 5.32 Å². The van der Waals surface area contributed by atoms with E-state index in [1.54, 1.807) is 6.92 Å². The topological polar surface area (TPSA) is 52.7 Å². The molecule has 0 spiro atoms. The fourth-order valence-corrected chi connectivity index (χ4v) is 5.14. The molecule has 3 atom stereocenters. The molecule has 0 saturated carbocycles. The molecule has 26 heavy (non-hydrogen) atoms. The lowest BCUT2D eigenvalue weighted by Crippen LogP contribution is -2.44. The van der Waals surface area contributed by atoms with Gasteiger partial charge < -0.3 is 15.1 Å². The standard InChI is InChI=1S/C21H29N3O2/c1-14-5-3-4-6-18(14)20-19-12-22-11-17(19)13-24(20)21(26)16-7-9-23(10-8-16)15(2)25/h3-6,16-17,19-20,22H,7-13H2,1-2H3/t17-,19-,20+/m0/s1. The number of fused-ring (bicyclic) bond motifs is 1. The van der Waals surface area contributed by atoms with Crippen molar-refractivity contribution in [3.63, 3.8) is 0 Å². The number of hydrogen-bond donors (Lipinski definition) is 1. The Labute approximate surface area is 155 Å². The van der Waals surface area contributed by atoms with Crippen LogP contribution in [0.3, 0.4) is 0 Å². The summed E-state index contributed by atoms with van der Waals surface area (Å²) < 4.78 is 0. The number of nitrogens with one attached hydrogen (secondary N) is 1. The minimum atomic E-state index is 0.0592. The third kappa shape index (κ3) is 3.02. The van der Waals surface area contributed by atoms with Crippen LogP contribution in [0.2, 0.25) is 0 Å². The zero-order chi connectivity index (χ0) is 18.3. The third-order valence-corrected chi connectivity index (χ3v) is 6.64. The van der Waals surface area contributed by atoms with Crippen LogP contribution in [-0.2, 0) is 9.59 Å². The van der Waals surface area contributed by atoms with E-state index in [1.807, 2.05) is 4.90 Å². The lowest BCUT2D eigenvalue weighted by Gasteiger charge is -2.36. The van der Waals surface area contributed by atoms with Crippen molar-refractivity contribution >= 4 is 11.8 Å². The van der Waals surface area contributed by atoms with Crippen LogP contribution in [0.1, 0.15) is 36.9 Å². The van der Waals surface area contributed by atoms with E-state index in [0.29, 0.717) is 30.8 Å². The molecule has 2 amide bonds. The molecule has 140 valence electrons. The molecule has 3 fully saturated rings. The van der Waals surface area contributed by atoms with Gasteiger partial charge in [-0.25, -0.2) is 0 Å². The number of carbonyl (C=O) groups excluding carboxylic acids is 2. The van der Waals surface area contributed by atoms with E-state index in [1.165, 1.54) is 11.1 Å². The fraction of sp³-hybridized carbons (Fsp3) is 0.619. The summed E-state index contributed by atoms with van der Waals surface area (Å²) in [6.45, 7) is 8.06. The van der Waals surface area contributed by atoms with Crippen molar-refractivity contribution in [3.05, 3.63) is 35.4 Å². The predicted molar refractivity (Wildman–Crippen MR) is 100 cm³/mol. The van der Waals surface area contributed by atoms with Crippen molar-refractivity contribution in [2.24, 2.45) is 17.8 Å². The summed E-state index contributed by atoms with van der Waals surface area (Å²) in [4.78, 5) is 29.0. The first-order valence-corrected chi connectivity index (χ1v) is 9.88. The second kappa shape index (κ2) is 7.03. The Bertz CT molecular complexity index is 696. The van der Waals surface area contributed by atoms with Crippen molar-refractivity contribution in [2.45, 2.75) is 32.7 Å². The van der Waals surface area contributed by atoms with Crippen molar-refractivity contribution in [1.82, 2.24) is 15.1 Å². The highest BCUT2D eigenvalue weighted by Gasteiger charge is 2.48.